The molecule has 1 aromatic rings. The molecule has 0 atom stereocenters. The molecule has 0 aliphatic heterocycles. The molecule has 1 fully saturated rings. The first kappa shape index (κ1) is 15.3. The Hall–Kier alpha value is -1.13. The van der Waals surface area contributed by atoms with Gasteiger partial charge in [0.15, 0.2) is 5.78 Å². The van der Waals surface area contributed by atoms with Gasteiger partial charge in [-0.3, -0.25) is 9.69 Å². The fourth-order valence-electron chi connectivity index (χ4n) is 3.00. The summed E-state index contributed by atoms with van der Waals surface area (Å²) in [7, 11) is 3.92. The van der Waals surface area contributed by atoms with Crippen LogP contribution in [0.25, 0.3) is 0 Å². The summed E-state index contributed by atoms with van der Waals surface area (Å²) >= 11 is 5.96. The third-order valence-corrected chi connectivity index (χ3v) is 4.72. The van der Waals surface area contributed by atoms with E-state index in [9.17, 15) is 4.79 Å². The molecule has 4 nitrogen and oxygen atoms in total. The minimum atomic E-state index is -0.479. The van der Waals surface area contributed by atoms with Crippen molar-refractivity contribution < 1.29 is 4.79 Å². The maximum Gasteiger partial charge on any atom is 0.186 e. The predicted octanol–water partition coefficient (Wildman–Crippen LogP) is 3.01. The van der Waals surface area contributed by atoms with E-state index in [0.29, 0.717) is 16.5 Å². The van der Waals surface area contributed by atoms with Crippen molar-refractivity contribution in [3.8, 4) is 0 Å². The summed E-state index contributed by atoms with van der Waals surface area (Å²) in [6.45, 7) is 2.24. The third kappa shape index (κ3) is 2.67. The number of hydrogen-bond donors (Lipinski definition) is 1. The van der Waals surface area contributed by atoms with E-state index in [4.69, 9.17) is 17.3 Å². The number of aromatic nitrogens is 1. The second-order valence-electron chi connectivity index (χ2n) is 6.02. The molecular weight excluding hydrogens is 274 g/mol. The van der Waals surface area contributed by atoms with Crippen molar-refractivity contribution in [2.24, 2.45) is 5.92 Å². The minimum absolute atomic E-state index is 0.0434. The smallest absolute Gasteiger partial charge is 0.186 e. The highest BCUT2D eigenvalue weighted by Gasteiger charge is 2.43. The zero-order chi connectivity index (χ0) is 14.9. The lowest BCUT2D eigenvalue weighted by atomic mass is 9.72. The SMILES string of the molecule is CC1CCC(C(=O)c2cc(Cl)cnc2N)(N(C)C)CC1. The molecule has 20 heavy (non-hydrogen) atoms. The van der Waals surface area contributed by atoms with Crippen LogP contribution in [-0.2, 0) is 0 Å². The number of pyridine rings is 1. The fraction of sp³-hybridized carbons (Fsp3) is 0.600. The molecule has 1 aromatic heterocycles. The van der Waals surface area contributed by atoms with E-state index in [-0.39, 0.29) is 11.6 Å². The van der Waals surface area contributed by atoms with Crippen molar-refractivity contribution in [3.05, 3.63) is 22.8 Å². The summed E-state index contributed by atoms with van der Waals surface area (Å²) < 4.78 is 0. The summed E-state index contributed by atoms with van der Waals surface area (Å²) in [6.07, 6.45) is 5.28. The number of nitrogen functional groups attached to an aromatic ring is 1. The molecule has 0 unspecified atom stereocenters. The van der Waals surface area contributed by atoms with Gasteiger partial charge in [-0.2, -0.15) is 0 Å². The number of halogens is 1. The lowest BCUT2D eigenvalue weighted by molar-refractivity contribution is 0.0514. The van der Waals surface area contributed by atoms with Crippen LogP contribution in [0.1, 0.15) is 43.0 Å². The number of Topliss-reactive ketones (excluding diaryl/α,β-unsaturated/α-hetero) is 1. The van der Waals surface area contributed by atoms with Crippen LogP contribution in [0.5, 0.6) is 0 Å². The van der Waals surface area contributed by atoms with Crippen LogP contribution in [0, 0.1) is 5.92 Å². The van der Waals surface area contributed by atoms with Crippen LogP contribution in [-0.4, -0.2) is 35.3 Å². The second kappa shape index (κ2) is 5.70. The first-order chi connectivity index (χ1) is 9.36. The Kier molecular flexibility index (Phi) is 4.35. The highest BCUT2D eigenvalue weighted by atomic mass is 35.5. The normalized spacial score (nSPS) is 26.8. The first-order valence-electron chi connectivity index (χ1n) is 7.00. The van der Waals surface area contributed by atoms with E-state index in [1.54, 1.807) is 6.07 Å². The summed E-state index contributed by atoms with van der Waals surface area (Å²) in [5.41, 5.74) is 5.84. The van der Waals surface area contributed by atoms with Crippen LogP contribution in [0.3, 0.4) is 0 Å². The lowest BCUT2D eigenvalue weighted by Gasteiger charge is -2.43. The molecule has 1 aliphatic carbocycles. The Morgan fingerprint density at radius 1 is 1.45 bits per heavy atom. The Morgan fingerprint density at radius 3 is 2.60 bits per heavy atom. The van der Waals surface area contributed by atoms with Gasteiger partial charge < -0.3 is 5.73 Å². The molecular formula is C15H22ClN3O. The van der Waals surface area contributed by atoms with Crippen LogP contribution in [0.4, 0.5) is 5.82 Å². The molecule has 2 rings (SSSR count). The molecule has 2 N–H and O–H groups in total. The van der Waals surface area contributed by atoms with Gasteiger partial charge in [-0.05, 0) is 51.8 Å². The van der Waals surface area contributed by atoms with E-state index in [0.717, 1.165) is 25.7 Å². The van der Waals surface area contributed by atoms with E-state index in [2.05, 4.69) is 11.9 Å². The number of rotatable bonds is 3. The van der Waals surface area contributed by atoms with Gasteiger partial charge in [-0.25, -0.2) is 4.98 Å². The Bertz CT molecular complexity index is 508. The standard InChI is InChI=1S/C15H22ClN3O/c1-10-4-6-15(7-5-10,19(2)3)13(20)12-8-11(16)9-18-14(12)17/h8-10H,4-7H2,1-3H3,(H2,17,18). The third-order valence-electron chi connectivity index (χ3n) is 4.51. The van der Waals surface area contributed by atoms with E-state index in [1.165, 1.54) is 6.20 Å². The number of likely N-dealkylation sites (N-methyl/N-ethyl adjacent to an activating group) is 1. The molecule has 0 radical (unpaired) electrons. The van der Waals surface area contributed by atoms with Crippen LogP contribution >= 0.6 is 11.6 Å². The fourth-order valence-corrected chi connectivity index (χ4v) is 3.16. The number of nitrogens with zero attached hydrogens (tertiary/aromatic N) is 2. The molecule has 0 amide bonds. The maximum atomic E-state index is 13.0. The Labute approximate surface area is 125 Å². The van der Waals surface area contributed by atoms with Crippen LogP contribution in [0.2, 0.25) is 5.02 Å². The molecule has 1 heterocycles. The van der Waals surface area contributed by atoms with Gasteiger partial charge in [0.05, 0.1) is 16.1 Å². The lowest BCUT2D eigenvalue weighted by Crippen LogP contribution is -2.53. The molecule has 110 valence electrons. The molecule has 5 heteroatoms. The summed E-state index contributed by atoms with van der Waals surface area (Å²) in [6, 6.07) is 1.63. The van der Waals surface area contributed by atoms with Gasteiger partial charge in [0.1, 0.15) is 5.82 Å². The van der Waals surface area contributed by atoms with Gasteiger partial charge in [0.25, 0.3) is 0 Å². The highest BCUT2D eigenvalue weighted by molar-refractivity contribution is 6.31. The van der Waals surface area contributed by atoms with Crippen molar-refractivity contribution >= 4 is 23.2 Å². The number of carbonyl (C=O) groups is 1. The zero-order valence-electron chi connectivity index (χ0n) is 12.3. The van der Waals surface area contributed by atoms with Gasteiger partial charge in [0.2, 0.25) is 0 Å². The van der Waals surface area contributed by atoms with Gasteiger partial charge in [-0.15, -0.1) is 0 Å². The largest absolute Gasteiger partial charge is 0.383 e. The number of anilines is 1. The molecule has 0 saturated heterocycles. The monoisotopic (exact) mass is 295 g/mol. The first-order valence-corrected chi connectivity index (χ1v) is 7.38. The molecule has 1 aliphatic rings. The number of nitrogens with two attached hydrogens (primary N) is 1. The van der Waals surface area contributed by atoms with E-state index >= 15 is 0 Å². The van der Waals surface area contributed by atoms with Crippen molar-refractivity contribution in [2.75, 3.05) is 19.8 Å². The van der Waals surface area contributed by atoms with E-state index < -0.39 is 5.54 Å². The van der Waals surface area contributed by atoms with Gasteiger partial charge in [-0.1, -0.05) is 18.5 Å². The van der Waals surface area contributed by atoms with Gasteiger partial charge in [0, 0.05) is 6.20 Å². The number of ketones is 1. The molecule has 0 aromatic carbocycles. The van der Waals surface area contributed by atoms with Crippen molar-refractivity contribution in [2.45, 2.75) is 38.1 Å². The minimum Gasteiger partial charge on any atom is -0.383 e. The average Bonchev–Trinajstić information content (AvgIpc) is 2.41. The highest BCUT2D eigenvalue weighted by Crippen LogP contribution is 2.38. The topological polar surface area (TPSA) is 59.2 Å². The molecule has 1 saturated carbocycles. The molecule has 0 bridgehead atoms. The van der Waals surface area contributed by atoms with Gasteiger partial charge >= 0.3 is 0 Å². The van der Waals surface area contributed by atoms with Crippen LogP contribution in [0.15, 0.2) is 12.3 Å². The quantitative estimate of drug-likeness (QED) is 0.871. The Balaban J connectivity index is 2.39. The van der Waals surface area contributed by atoms with Crippen molar-refractivity contribution in [3.63, 3.8) is 0 Å². The van der Waals surface area contributed by atoms with Crippen molar-refractivity contribution in [1.29, 1.82) is 0 Å². The maximum absolute atomic E-state index is 13.0. The number of carbonyl (C=O) groups excluding carboxylic acids is 1. The summed E-state index contributed by atoms with van der Waals surface area (Å²) in [5.74, 6) is 0.979. The summed E-state index contributed by atoms with van der Waals surface area (Å²) in [4.78, 5) is 19.1. The average molecular weight is 296 g/mol. The zero-order valence-corrected chi connectivity index (χ0v) is 13.1. The van der Waals surface area contributed by atoms with Crippen molar-refractivity contribution in [1.82, 2.24) is 9.88 Å². The number of hydrogen-bond acceptors (Lipinski definition) is 4. The molecule has 0 spiro atoms. The predicted molar refractivity (Wildman–Crippen MR) is 82.0 cm³/mol. The van der Waals surface area contributed by atoms with E-state index in [1.807, 2.05) is 19.0 Å². The Morgan fingerprint density at radius 2 is 2.05 bits per heavy atom. The second-order valence-corrected chi connectivity index (χ2v) is 6.46. The summed E-state index contributed by atoms with van der Waals surface area (Å²) in [5, 5.41) is 0.445. The van der Waals surface area contributed by atoms with Crippen LogP contribution < -0.4 is 5.73 Å².